The molecule has 8 nitrogen and oxygen atoms in total. The molecule has 3 aliphatic rings. The zero-order chi connectivity index (χ0) is 35.4. The van der Waals surface area contributed by atoms with Crippen molar-refractivity contribution >= 4 is 46.5 Å². The third-order valence-corrected chi connectivity index (χ3v) is 12.6. The van der Waals surface area contributed by atoms with Crippen molar-refractivity contribution in [1.82, 2.24) is 4.90 Å². The van der Waals surface area contributed by atoms with Gasteiger partial charge in [0.25, 0.3) is 5.91 Å². The van der Waals surface area contributed by atoms with Crippen LogP contribution >= 0.6 is 11.8 Å². The van der Waals surface area contributed by atoms with E-state index >= 15 is 9.59 Å². The number of hydrogen-bond donors (Lipinski definition) is 1. The number of thioether (sulfide) groups is 1. The molecule has 3 heterocycles. The summed E-state index contributed by atoms with van der Waals surface area (Å²) in [6.45, 7) is 14.1. The van der Waals surface area contributed by atoms with Crippen LogP contribution < -0.4 is 14.7 Å². The summed E-state index contributed by atoms with van der Waals surface area (Å²) in [6, 6.07) is 25.7. The molecule has 1 spiro atoms. The summed E-state index contributed by atoms with van der Waals surface area (Å²) in [5.74, 6) is -1.88. The van der Waals surface area contributed by atoms with Gasteiger partial charge in [-0.3, -0.25) is 14.4 Å². The SMILES string of the molecule is C=CCN(C(=O)C1N([C@@H](CO)Cc2ccccc2)C(=O)[C@@H]2[C@H](C(=O)N(CC=C)c3ccccc3)[C@@H]3CCC12S3)c1ccc(N(CC)CC)cc1. The maximum Gasteiger partial charge on any atom is 0.251 e. The minimum absolute atomic E-state index is 0.104. The van der Waals surface area contributed by atoms with E-state index in [9.17, 15) is 9.90 Å². The van der Waals surface area contributed by atoms with Crippen LogP contribution in [0.4, 0.5) is 17.1 Å². The summed E-state index contributed by atoms with van der Waals surface area (Å²) in [5.41, 5.74) is 3.49. The molecule has 0 aromatic heterocycles. The molecule has 9 heteroatoms. The number of para-hydroxylation sites is 1. The van der Waals surface area contributed by atoms with Crippen LogP contribution in [0.1, 0.15) is 32.3 Å². The minimum atomic E-state index is -0.874. The Morgan fingerprint density at radius 3 is 2.02 bits per heavy atom. The number of nitrogens with zero attached hydrogens (tertiary/aromatic N) is 4. The molecule has 0 radical (unpaired) electrons. The minimum Gasteiger partial charge on any atom is -0.394 e. The number of likely N-dealkylation sites (tertiary alicyclic amines) is 1. The lowest BCUT2D eigenvalue weighted by Crippen LogP contribution is -2.58. The largest absolute Gasteiger partial charge is 0.394 e. The molecule has 2 bridgehead atoms. The lowest BCUT2D eigenvalue weighted by atomic mass is 9.70. The number of carbonyl (C=O) groups is 3. The van der Waals surface area contributed by atoms with E-state index in [-0.39, 0.29) is 36.1 Å². The highest BCUT2D eigenvalue weighted by Crippen LogP contribution is 2.67. The fourth-order valence-corrected chi connectivity index (χ4v) is 10.6. The van der Waals surface area contributed by atoms with Gasteiger partial charge >= 0.3 is 0 Å². The van der Waals surface area contributed by atoms with Crippen LogP contribution in [-0.4, -0.2) is 82.6 Å². The number of anilines is 3. The molecule has 3 amide bonds. The van der Waals surface area contributed by atoms with Gasteiger partial charge in [-0.1, -0.05) is 60.7 Å². The summed E-state index contributed by atoms with van der Waals surface area (Å²) in [7, 11) is 0. The first kappa shape index (κ1) is 35.5. The van der Waals surface area contributed by atoms with E-state index in [0.29, 0.717) is 25.1 Å². The standard InChI is InChI=1S/C41H48N4O4S/c1-5-25-43(31-17-13-10-14-18-31)38(47)35-34-23-24-41(50-34)36(35)39(48)45(33(28-46)27-29-15-11-9-12-16-29)37(41)40(49)44(26-6-2)32-21-19-30(20-22-32)42(7-3)8-4/h5-6,9-22,33-37,46H,1-2,7-8,23-28H2,3-4H3/t33-,34+,35-,36+,37?,41?/m1/s1. The molecule has 1 N–H and O–H groups in total. The lowest BCUT2D eigenvalue weighted by Gasteiger charge is -2.40. The molecule has 262 valence electrons. The Balaban J connectivity index is 1.43. The van der Waals surface area contributed by atoms with E-state index in [1.54, 1.807) is 38.6 Å². The maximum atomic E-state index is 15.2. The number of amides is 3. The first-order valence-electron chi connectivity index (χ1n) is 17.7. The molecule has 3 aliphatic heterocycles. The summed E-state index contributed by atoms with van der Waals surface area (Å²) >= 11 is 1.64. The zero-order valence-electron chi connectivity index (χ0n) is 29.1. The normalized spacial score (nSPS) is 24.1. The first-order chi connectivity index (χ1) is 24.3. The van der Waals surface area contributed by atoms with Crippen LogP contribution in [0.5, 0.6) is 0 Å². The van der Waals surface area contributed by atoms with Crippen LogP contribution in [0.25, 0.3) is 0 Å². The van der Waals surface area contributed by atoms with E-state index in [0.717, 1.165) is 36.4 Å². The Labute approximate surface area is 300 Å². The molecule has 3 aromatic rings. The van der Waals surface area contributed by atoms with Crippen molar-refractivity contribution in [1.29, 1.82) is 0 Å². The molecule has 2 unspecified atom stereocenters. The van der Waals surface area contributed by atoms with Crippen molar-refractivity contribution in [3.05, 3.63) is 116 Å². The third kappa shape index (κ3) is 6.26. The molecular formula is C41H48N4O4S. The van der Waals surface area contributed by atoms with Gasteiger partial charge in [0.15, 0.2) is 0 Å². The number of aliphatic hydroxyl groups is 1. The second kappa shape index (κ2) is 15.3. The second-order valence-electron chi connectivity index (χ2n) is 13.3. The highest BCUT2D eigenvalue weighted by molar-refractivity contribution is 8.02. The molecular weight excluding hydrogens is 645 g/mol. The van der Waals surface area contributed by atoms with Crippen LogP contribution in [0.2, 0.25) is 0 Å². The highest BCUT2D eigenvalue weighted by Gasteiger charge is 2.74. The van der Waals surface area contributed by atoms with E-state index < -0.39 is 28.7 Å². The van der Waals surface area contributed by atoms with Gasteiger partial charge < -0.3 is 24.7 Å². The molecule has 3 saturated heterocycles. The van der Waals surface area contributed by atoms with Gasteiger partial charge in [0.2, 0.25) is 11.8 Å². The Morgan fingerprint density at radius 1 is 0.880 bits per heavy atom. The van der Waals surface area contributed by atoms with Crippen LogP contribution in [-0.2, 0) is 20.8 Å². The van der Waals surface area contributed by atoms with Crippen LogP contribution in [0.3, 0.4) is 0 Å². The Kier molecular flexibility index (Phi) is 10.8. The quantitative estimate of drug-likeness (QED) is 0.198. The zero-order valence-corrected chi connectivity index (χ0v) is 29.9. The third-order valence-electron chi connectivity index (χ3n) is 10.7. The van der Waals surface area contributed by atoms with Crippen molar-refractivity contribution in [2.45, 2.75) is 55.2 Å². The number of rotatable bonds is 15. The van der Waals surface area contributed by atoms with Crippen molar-refractivity contribution in [2.75, 3.05) is 47.5 Å². The predicted octanol–water partition coefficient (Wildman–Crippen LogP) is 5.97. The molecule has 6 atom stereocenters. The molecule has 3 aromatic carbocycles. The summed E-state index contributed by atoms with van der Waals surface area (Å²) in [6.07, 6.45) is 5.15. The van der Waals surface area contributed by atoms with E-state index in [1.165, 1.54) is 0 Å². The number of benzene rings is 3. The Hall–Kier alpha value is -4.34. The van der Waals surface area contributed by atoms with Gasteiger partial charge in [0.05, 0.1) is 29.2 Å². The van der Waals surface area contributed by atoms with Crippen LogP contribution in [0, 0.1) is 11.8 Å². The first-order valence-corrected chi connectivity index (χ1v) is 18.6. The monoisotopic (exact) mass is 692 g/mol. The summed E-state index contributed by atoms with van der Waals surface area (Å²) in [4.78, 5) is 52.2. The van der Waals surface area contributed by atoms with Gasteiger partial charge in [-0.25, -0.2) is 0 Å². The molecule has 0 saturated carbocycles. The fraction of sp³-hybridized carbons (Fsp3) is 0.390. The van der Waals surface area contributed by atoms with Crippen LogP contribution in [0.15, 0.2) is 110 Å². The molecule has 0 aliphatic carbocycles. The number of aliphatic hydroxyl groups excluding tert-OH is 1. The summed E-state index contributed by atoms with van der Waals surface area (Å²) in [5, 5.41) is 10.8. The van der Waals surface area contributed by atoms with E-state index in [1.807, 2.05) is 84.9 Å². The van der Waals surface area contributed by atoms with E-state index in [4.69, 9.17) is 0 Å². The van der Waals surface area contributed by atoms with Gasteiger partial charge in [-0.05, 0) is 75.1 Å². The van der Waals surface area contributed by atoms with E-state index in [2.05, 4.69) is 31.9 Å². The molecule has 3 fully saturated rings. The predicted molar refractivity (Wildman–Crippen MR) is 204 cm³/mol. The Bertz CT molecular complexity index is 1680. The van der Waals surface area contributed by atoms with Crippen molar-refractivity contribution in [3.63, 3.8) is 0 Å². The number of carbonyl (C=O) groups excluding carboxylic acids is 3. The topological polar surface area (TPSA) is 84.4 Å². The van der Waals surface area contributed by atoms with Crippen molar-refractivity contribution < 1.29 is 19.5 Å². The highest BCUT2D eigenvalue weighted by atomic mass is 32.2. The summed E-state index contributed by atoms with van der Waals surface area (Å²) < 4.78 is -0.819. The van der Waals surface area contributed by atoms with Crippen molar-refractivity contribution in [2.24, 2.45) is 11.8 Å². The second-order valence-corrected chi connectivity index (χ2v) is 14.9. The van der Waals surface area contributed by atoms with Gasteiger partial charge in [0.1, 0.15) is 6.04 Å². The molecule has 50 heavy (non-hydrogen) atoms. The molecule has 6 rings (SSSR count). The van der Waals surface area contributed by atoms with Gasteiger partial charge in [0, 0.05) is 48.5 Å². The smallest absolute Gasteiger partial charge is 0.251 e. The Morgan fingerprint density at radius 2 is 1.44 bits per heavy atom. The van der Waals surface area contributed by atoms with Gasteiger partial charge in [-0.15, -0.1) is 24.9 Å². The number of fused-ring (bicyclic) bond motifs is 1. The maximum absolute atomic E-state index is 15.2. The average Bonchev–Trinajstić information content (AvgIpc) is 3.80. The fourth-order valence-electron chi connectivity index (χ4n) is 8.45. The van der Waals surface area contributed by atoms with Gasteiger partial charge in [-0.2, -0.15) is 0 Å². The number of hydrogen-bond acceptors (Lipinski definition) is 6. The lowest BCUT2D eigenvalue weighted by molar-refractivity contribution is -0.141. The average molecular weight is 693 g/mol. The van der Waals surface area contributed by atoms with Crippen molar-refractivity contribution in [3.8, 4) is 0 Å².